The molecule has 166 valence electrons. The molecule has 1 atom stereocenters. The van der Waals surface area contributed by atoms with Crippen molar-refractivity contribution >= 4 is 26.8 Å². The van der Waals surface area contributed by atoms with Crippen molar-refractivity contribution in [2.75, 3.05) is 0 Å². The highest BCUT2D eigenvalue weighted by Gasteiger charge is 2.23. The van der Waals surface area contributed by atoms with Crippen LogP contribution in [0.2, 0.25) is 0 Å². The van der Waals surface area contributed by atoms with E-state index < -0.39 is 15.7 Å². The van der Waals surface area contributed by atoms with E-state index in [0.717, 1.165) is 11.0 Å². The number of furan rings is 1. The molecule has 2 heterocycles. The zero-order valence-electron chi connectivity index (χ0n) is 17.9. The number of carbonyl (C=O) groups is 1. The van der Waals surface area contributed by atoms with Crippen LogP contribution < -0.4 is 5.32 Å². The Morgan fingerprint density at radius 3 is 2.47 bits per heavy atom. The van der Waals surface area contributed by atoms with Crippen molar-refractivity contribution in [3.05, 3.63) is 84.1 Å². The minimum atomic E-state index is -3.56. The van der Waals surface area contributed by atoms with Crippen LogP contribution in [-0.4, -0.2) is 24.3 Å². The van der Waals surface area contributed by atoms with Gasteiger partial charge in [-0.25, -0.2) is 13.4 Å². The second-order valence-corrected chi connectivity index (χ2v) is 10.1. The third-order valence-electron chi connectivity index (χ3n) is 5.07. The molecule has 0 spiro atoms. The van der Waals surface area contributed by atoms with Gasteiger partial charge in [-0.1, -0.05) is 44.2 Å². The van der Waals surface area contributed by atoms with Crippen LogP contribution in [0.1, 0.15) is 48.4 Å². The minimum absolute atomic E-state index is 0.0631. The van der Waals surface area contributed by atoms with Gasteiger partial charge in [-0.3, -0.25) is 4.79 Å². The molecule has 8 heteroatoms. The molecule has 0 saturated carbocycles. The molecule has 0 bridgehead atoms. The van der Waals surface area contributed by atoms with E-state index >= 15 is 0 Å². The Kier molecular flexibility index (Phi) is 6.14. The third-order valence-corrected chi connectivity index (χ3v) is 6.73. The number of hydrogen-bond acceptors (Lipinski definition) is 5. The Hall–Kier alpha value is -3.39. The van der Waals surface area contributed by atoms with Gasteiger partial charge in [-0.2, -0.15) is 0 Å². The average molecular weight is 452 g/mol. The normalized spacial score (nSPS) is 12.8. The van der Waals surface area contributed by atoms with E-state index in [4.69, 9.17) is 4.42 Å². The molecule has 0 aliphatic rings. The van der Waals surface area contributed by atoms with Gasteiger partial charge in [0.1, 0.15) is 17.3 Å². The summed E-state index contributed by atoms with van der Waals surface area (Å²) in [7, 11) is -3.56. The van der Waals surface area contributed by atoms with Gasteiger partial charge in [0.05, 0.1) is 22.0 Å². The summed E-state index contributed by atoms with van der Waals surface area (Å²) in [4.78, 5) is 21.0. The summed E-state index contributed by atoms with van der Waals surface area (Å²) in [5.41, 5.74) is 1.73. The molecule has 4 rings (SSSR count). The molecule has 2 aromatic heterocycles. The van der Waals surface area contributed by atoms with Crippen molar-refractivity contribution in [3.8, 4) is 0 Å². The molecule has 0 aliphatic heterocycles. The lowest BCUT2D eigenvalue weighted by molar-refractivity contribution is 0.0900. The summed E-state index contributed by atoms with van der Waals surface area (Å²) >= 11 is 0. The fourth-order valence-corrected chi connectivity index (χ4v) is 4.82. The predicted octanol–water partition coefficient (Wildman–Crippen LogP) is 4.65. The fraction of sp³-hybridized carbons (Fsp3) is 0.250. The lowest BCUT2D eigenvalue weighted by Crippen LogP contribution is -2.30. The lowest BCUT2D eigenvalue weighted by atomic mass is 10.0. The molecule has 4 aromatic rings. The third kappa shape index (κ3) is 4.91. The smallest absolute Gasteiger partial charge is 0.287 e. The molecule has 0 saturated heterocycles. The number of nitrogens with one attached hydrogen (secondary N) is 2. The number of imidazole rings is 1. The van der Waals surface area contributed by atoms with Crippen LogP contribution in [0.15, 0.2) is 76.0 Å². The molecule has 0 fully saturated rings. The van der Waals surface area contributed by atoms with Gasteiger partial charge in [0.25, 0.3) is 5.91 Å². The SMILES string of the molecule is CC(C)C[C@@H](NC(=O)c1ccc(CS(=O)(=O)c2ccccc2)o1)c1nc2ccccc2[nH]1. The average Bonchev–Trinajstić information content (AvgIpc) is 3.40. The standard InChI is InChI=1S/C24H25N3O4S/c1-16(2)14-21(23-25-19-10-6-7-11-20(19)26-23)27-24(28)22-13-12-17(31-22)15-32(29,30)18-8-4-3-5-9-18/h3-13,16,21H,14-15H2,1-2H3,(H,25,26)(H,27,28)/t21-/m1/s1. The van der Waals surface area contributed by atoms with Crippen LogP contribution in [0.25, 0.3) is 11.0 Å². The molecule has 0 radical (unpaired) electrons. The topological polar surface area (TPSA) is 105 Å². The number of H-pyrrole nitrogens is 1. The number of amides is 1. The van der Waals surface area contributed by atoms with Crippen molar-refractivity contribution in [1.29, 1.82) is 0 Å². The Morgan fingerprint density at radius 1 is 1.03 bits per heavy atom. The Morgan fingerprint density at radius 2 is 1.75 bits per heavy atom. The fourth-order valence-electron chi connectivity index (χ4n) is 3.55. The first-order chi connectivity index (χ1) is 15.3. The second kappa shape index (κ2) is 9.00. The number of hydrogen-bond donors (Lipinski definition) is 2. The monoisotopic (exact) mass is 451 g/mol. The first-order valence-electron chi connectivity index (χ1n) is 10.4. The van der Waals surface area contributed by atoms with E-state index in [1.807, 2.05) is 24.3 Å². The number of carbonyl (C=O) groups excluding carboxylic acids is 1. The van der Waals surface area contributed by atoms with Gasteiger partial charge in [0, 0.05) is 0 Å². The summed E-state index contributed by atoms with van der Waals surface area (Å²) in [5.74, 6) is 0.530. The van der Waals surface area contributed by atoms with Gasteiger partial charge >= 0.3 is 0 Å². The number of sulfone groups is 1. The number of benzene rings is 2. The highest BCUT2D eigenvalue weighted by atomic mass is 32.2. The maximum absolute atomic E-state index is 12.9. The molecule has 0 unspecified atom stereocenters. The summed E-state index contributed by atoms with van der Waals surface area (Å²) < 4.78 is 30.7. The largest absolute Gasteiger partial charge is 0.455 e. The summed E-state index contributed by atoms with van der Waals surface area (Å²) in [6, 6.07) is 18.5. The van der Waals surface area contributed by atoms with Crippen molar-refractivity contribution in [2.24, 2.45) is 5.92 Å². The van der Waals surface area contributed by atoms with Crippen LogP contribution in [0, 0.1) is 5.92 Å². The zero-order chi connectivity index (χ0) is 22.7. The van der Waals surface area contributed by atoms with Crippen molar-refractivity contribution in [1.82, 2.24) is 15.3 Å². The Labute approximate surface area is 186 Å². The quantitative estimate of drug-likeness (QED) is 0.406. The van der Waals surface area contributed by atoms with Crippen LogP contribution in [0.5, 0.6) is 0 Å². The Balaban J connectivity index is 1.51. The van der Waals surface area contributed by atoms with Crippen LogP contribution in [0.3, 0.4) is 0 Å². The van der Waals surface area contributed by atoms with Gasteiger partial charge < -0.3 is 14.7 Å². The molecule has 2 aromatic carbocycles. The maximum atomic E-state index is 12.9. The molecule has 7 nitrogen and oxygen atoms in total. The second-order valence-electron chi connectivity index (χ2n) is 8.13. The van der Waals surface area contributed by atoms with Crippen molar-refractivity contribution in [3.63, 3.8) is 0 Å². The minimum Gasteiger partial charge on any atom is -0.455 e. The number of nitrogens with zero attached hydrogens (tertiary/aromatic N) is 1. The van der Waals surface area contributed by atoms with Crippen LogP contribution in [-0.2, 0) is 15.6 Å². The molecular weight excluding hydrogens is 426 g/mol. The lowest BCUT2D eigenvalue weighted by Gasteiger charge is -2.18. The van der Waals surface area contributed by atoms with Crippen LogP contribution >= 0.6 is 0 Å². The summed E-state index contributed by atoms with van der Waals surface area (Å²) in [6.45, 7) is 4.14. The zero-order valence-corrected chi connectivity index (χ0v) is 18.7. The Bertz CT molecular complexity index is 1290. The van der Waals surface area contributed by atoms with Crippen LogP contribution in [0.4, 0.5) is 0 Å². The summed E-state index contributed by atoms with van der Waals surface area (Å²) in [6.07, 6.45) is 0.682. The number of para-hydroxylation sites is 2. The van der Waals surface area contributed by atoms with E-state index in [1.165, 1.54) is 24.3 Å². The van der Waals surface area contributed by atoms with E-state index in [-0.39, 0.29) is 28.2 Å². The first kappa shape index (κ1) is 21.8. The number of aromatic nitrogens is 2. The number of rotatable bonds is 8. The van der Waals surface area contributed by atoms with E-state index in [0.29, 0.717) is 18.2 Å². The van der Waals surface area contributed by atoms with Crippen molar-refractivity contribution in [2.45, 2.75) is 37.0 Å². The van der Waals surface area contributed by atoms with E-state index in [9.17, 15) is 13.2 Å². The molecule has 0 aliphatic carbocycles. The molecule has 2 N–H and O–H groups in total. The van der Waals surface area contributed by atoms with Gasteiger partial charge in [-0.15, -0.1) is 0 Å². The highest BCUT2D eigenvalue weighted by Crippen LogP contribution is 2.23. The van der Waals surface area contributed by atoms with Crippen molar-refractivity contribution < 1.29 is 17.6 Å². The molecule has 32 heavy (non-hydrogen) atoms. The number of aromatic amines is 1. The molecular formula is C24H25N3O4S. The number of fused-ring (bicyclic) bond motifs is 1. The van der Waals surface area contributed by atoms with E-state index in [2.05, 4.69) is 29.1 Å². The van der Waals surface area contributed by atoms with E-state index in [1.54, 1.807) is 18.2 Å². The maximum Gasteiger partial charge on any atom is 0.287 e. The van der Waals surface area contributed by atoms with Gasteiger partial charge in [-0.05, 0) is 48.7 Å². The van der Waals surface area contributed by atoms with Gasteiger partial charge in [0.2, 0.25) is 0 Å². The first-order valence-corrected chi connectivity index (χ1v) is 12.1. The summed E-state index contributed by atoms with van der Waals surface area (Å²) in [5, 5.41) is 2.97. The predicted molar refractivity (Wildman–Crippen MR) is 122 cm³/mol. The highest BCUT2D eigenvalue weighted by molar-refractivity contribution is 7.90. The van der Waals surface area contributed by atoms with Gasteiger partial charge in [0.15, 0.2) is 15.6 Å². The molecule has 1 amide bonds.